The first-order valence-electron chi connectivity index (χ1n) is 2.82. The van der Waals surface area contributed by atoms with E-state index < -0.39 is 0 Å². The molecule has 8 heavy (non-hydrogen) atoms. The molecule has 2 heteroatoms. The van der Waals surface area contributed by atoms with Crippen LogP contribution in [0.25, 0.3) is 0 Å². The van der Waals surface area contributed by atoms with Crippen LogP contribution < -0.4 is 0 Å². The molecule has 0 aliphatic rings. The molecule has 0 spiro atoms. The molecule has 0 bridgehead atoms. The Morgan fingerprint density at radius 2 is 2.38 bits per heavy atom. The van der Waals surface area contributed by atoms with Crippen LogP contribution in [-0.2, 0) is 0 Å². The molecule has 0 heterocycles. The Morgan fingerprint density at radius 3 is 2.75 bits per heavy atom. The van der Waals surface area contributed by atoms with Gasteiger partial charge < -0.3 is 5.11 Å². The van der Waals surface area contributed by atoms with Crippen molar-refractivity contribution in [2.24, 2.45) is 0 Å². The van der Waals surface area contributed by atoms with Crippen molar-refractivity contribution in [1.29, 1.82) is 5.26 Å². The molecule has 0 aromatic heterocycles. The molecule has 1 N–H and O–H groups in total. The molecular formula is C6H11NO. The first-order valence-corrected chi connectivity index (χ1v) is 2.82. The molecule has 0 radical (unpaired) electrons. The highest BCUT2D eigenvalue weighted by atomic mass is 16.3. The predicted molar refractivity (Wildman–Crippen MR) is 31.1 cm³/mol. The Balaban J connectivity index is 2.85. The van der Waals surface area contributed by atoms with Crippen molar-refractivity contribution in [3.8, 4) is 6.07 Å². The van der Waals surface area contributed by atoms with Crippen LogP contribution in [0.15, 0.2) is 0 Å². The van der Waals surface area contributed by atoms with Crippen molar-refractivity contribution in [2.45, 2.75) is 32.3 Å². The lowest BCUT2D eigenvalue weighted by atomic mass is 10.2. The van der Waals surface area contributed by atoms with Gasteiger partial charge in [0.05, 0.1) is 12.2 Å². The molecule has 0 unspecified atom stereocenters. The molecule has 0 aliphatic heterocycles. The van der Waals surface area contributed by atoms with Crippen molar-refractivity contribution in [2.75, 3.05) is 0 Å². The van der Waals surface area contributed by atoms with Gasteiger partial charge in [0, 0.05) is 6.42 Å². The normalized spacial score (nSPS) is 12.6. The zero-order valence-corrected chi connectivity index (χ0v) is 5.09. The summed E-state index contributed by atoms with van der Waals surface area (Å²) in [7, 11) is 0. The lowest BCUT2D eigenvalue weighted by Crippen LogP contribution is -1.97. The third kappa shape index (κ3) is 5.45. The summed E-state index contributed by atoms with van der Waals surface area (Å²) in [5.74, 6) is 0. The quantitative estimate of drug-likeness (QED) is 0.556. The van der Waals surface area contributed by atoms with E-state index in [0.717, 1.165) is 12.8 Å². The Bertz CT molecular complexity index is 83.0. The minimum absolute atomic E-state index is 0.247. The van der Waals surface area contributed by atoms with Gasteiger partial charge in [0.15, 0.2) is 0 Å². The smallest absolute Gasteiger partial charge is 0.0621 e. The van der Waals surface area contributed by atoms with E-state index in [1.807, 2.05) is 6.07 Å². The topological polar surface area (TPSA) is 44.0 Å². The monoisotopic (exact) mass is 113 g/mol. The highest BCUT2D eigenvalue weighted by molar-refractivity contribution is 4.68. The van der Waals surface area contributed by atoms with Gasteiger partial charge in [-0.05, 0) is 19.8 Å². The summed E-state index contributed by atoms with van der Waals surface area (Å²) in [6.45, 7) is 1.73. The molecular weight excluding hydrogens is 102 g/mol. The maximum Gasteiger partial charge on any atom is 0.0621 e. The standard InChI is InChI=1S/C6H11NO/c1-6(8)4-2-3-5-7/h6,8H,2-4H2,1H3/t6-/m0/s1. The Kier molecular flexibility index (Phi) is 4.29. The number of hydrogen-bond acceptors (Lipinski definition) is 2. The van der Waals surface area contributed by atoms with Gasteiger partial charge in [0.2, 0.25) is 0 Å². The predicted octanol–water partition coefficient (Wildman–Crippen LogP) is 1.06. The molecule has 0 rings (SSSR count). The fraction of sp³-hybridized carbons (Fsp3) is 0.833. The van der Waals surface area contributed by atoms with Crippen LogP contribution in [0.1, 0.15) is 26.2 Å². The molecule has 0 aliphatic carbocycles. The van der Waals surface area contributed by atoms with Gasteiger partial charge in [-0.3, -0.25) is 0 Å². The summed E-state index contributed by atoms with van der Waals surface area (Å²) in [4.78, 5) is 0. The number of nitrogens with zero attached hydrogens (tertiary/aromatic N) is 1. The molecule has 0 aromatic rings. The molecule has 0 amide bonds. The molecule has 1 atom stereocenters. The Hall–Kier alpha value is -0.550. The van der Waals surface area contributed by atoms with Crippen LogP contribution >= 0.6 is 0 Å². The number of hydrogen-bond donors (Lipinski definition) is 1. The molecule has 0 saturated heterocycles. The first-order chi connectivity index (χ1) is 3.77. The second-order valence-electron chi connectivity index (χ2n) is 1.90. The van der Waals surface area contributed by atoms with Crippen molar-refractivity contribution >= 4 is 0 Å². The third-order valence-corrected chi connectivity index (χ3v) is 0.910. The average Bonchev–Trinajstić information content (AvgIpc) is 1.66. The highest BCUT2D eigenvalue weighted by Gasteiger charge is 1.92. The van der Waals surface area contributed by atoms with Crippen LogP contribution in [0.2, 0.25) is 0 Å². The van der Waals surface area contributed by atoms with E-state index in [9.17, 15) is 0 Å². The molecule has 2 nitrogen and oxygen atoms in total. The van der Waals surface area contributed by atoms with Crippen LogP contribution in [0.5, 0.6) is 0 Å². The summed E-state index contributed by atoms with van der Waals surface area (Å²) in [5.41, 5.74) is 0. The van der Waals surface area contributed by atoms with Gasteiger partial charge in [-0.2, -0.15) is 5.26 Å². The largest absolute Gasteiger partial charge is 0.393 e. The van der Waals surface area contributed by atoms with E-state index in [1.165, 1.54) is 0 Å². The lowest BCUT2D eigenvalue weighted by molar-refractivity contribution is 0.182. The van der Waals surface area contributed by atoms with E-state index >= 15 is 0 Å². The van der Waals surface area contributed by atoms with Crippen molar-refractivity contribution in [1.82, 2.24) is 0 Å². The van der Waals surface area contributed by atoms with Gasteiger partial charge in [-0.1, -0.05) is 0 Å². The Labute approximate surface area is 49.8 Å². The van der Waals surface area contributed by atoms with Gasteiger partial charge in [-0.15, -0.1) is 0 Å². The fourth-order valence-electron chi connectivity index (χ4n) is 0.477. The van der Waals surface area contributed by atoms with Gasteiger partial charge in [-0.25, -0.2) is 0 Å². The maximum atomic E-state index is 8.67. The van der Waals surface area contributed by atoms with E-state index in [2.05, 4.69) is 0 Å². The highest BCUT2D eigenvalue weighted by Crippen LogP contribution is 1.97. The summed E-state index contributed by atoms with van der Waals surface area (Å²) in [6, 6.07) is 2.01. The number of unbranched alkanes of at least 4 members (excludes halogenated alkanes) is 1. The number of nitriles is 1. The van der Waals surface area contributed by atoms with Crippen LogP contribution in [0.3, 0.4) is 0 Å². The van der Waals surface area contributed by atoms with Crippen molar-refractivity contribution < 1.29 is 5.11 Å². The second kappa shape index (κ2) is 4.61. The minimum Gasteiger partial charge on any atom is -0.393 e. The summed E-state index contributed by atoms with van der Waals surface area (Å²) >= 11 is 0. The number of rotatable bonds is 3. The average molecular weight is 113 g/mol. The van der Waals surface area contributed by atoms with E-state index in [0.29, 0.717) is 6.42 Å². The van der Waals surface area contributed by atoms with E-state index in [4.69, 9.17) is 10.4 Å². The second-order valence-corrected chi connectivity index (χ2v) is 1.90. The molecule has 0 fully saturated rings. The Morgan fingerprint density at radius 1 is 1.75 bits per heavy atom. The van der Waals surface area contributed by atoms with Crippen LogP contribution in [0.4, 0.5) is 0 Å². The number of aliphatic hydroxyl groups excluding tert-OH is 1. The van der Waals surface area contributed by atoms with Gasteiger partial charge >= 0.3 is 0 Å². The maximum absolute atomic E-state index is 8.67. The van der Waals surface area contributed by atoms with E-state index in [-0.39, 0.29) is 6.10 Å². The lowest BCUT2D eigenvalue weighted by Gasteiger charge is -1.97. The molecule has 46 valence electrons. The summed E-state index contributed by atoms with van der Waals surface area (Å²) in [6.07, 6.45) is 1.87. The first kappa shape index (κ1) is 7.45. The zero-order chi connectivity index (χ0) is 6.41. The minimum atomic E-state index is -0.247. The summed E-state index contributed by atoms with van der Waals surface area (Å²) in [5, 5.41) is 16.7. The molecule has 0 saturated carbocycles. The van der Waals surface area contributed by atoms with Gasteiger partial charge in [0.25, 0.3) is 0 Å². The van der Waals surface area contributed by atoms with E-state index in [1.54, 1.807) is 6.92 Å². The summed E-state index contributed by atoms with van der Waals surface area (Å²) < 4.78 is 0. The number of aliphatic hydroxyl groups is 1. The SMILES string of the molecule is C[C@H](O)CCCC#N. The van der Waals surface area contributed by atoms with Crippen LogP contribution in [-0.4, -0.2) is 11.2 Å². The van der Waals surface area contributed by atoms with Crippen LogP contribution in [0, 0.1) is 11.3 Å². The van der Waals surface area contributed by atoms with Gasteiger partial charge in [0.1, 0.15) is 0 Å². The van der Waals surface area contributed by atoms with Crippen molar-refractivity contribution in [3.05, 3.63) is 0 Å². The third-order valence-electron chi connectivity index (χ3n) is 0.910. The fourth-order valence-corrected chi connectivity index (χ4v) is 0.477. The van der Waals surface area contributed by atoms with Crippen molar-refractivity contribution in [3.63, 3.8) is 0 Å². The zero-order valence-electron chi connectivity index (χ0n) is 5.09. The molecule has 0 aromatic carbocycles.